The van der Waals surface area contributed by atoms with Crippen molar-refractivity contribution in [1.29, 1.82) is 0 Å². The van der Waals surface area contributed by atoms with Crippen molar-refractivity contribution in [2.45, 2.75) is 19.9 Å². The molecule has 0 saturated carbocycles. The van der Waals surface area contributed by atoms with Crippen molar-refractivity contribution in [3.05, 3.63) is 63.2 Å². The van der Waals surface area contributed by atoms with Crippen LogP contribution in [-0.2, 0) is 13.0 Å². The highest BCUT2D eigenvalue weighted by Crippen LogP contribution is 2.21. The molecule has 1 aromatic carbocycles. The summed E-state index contributed by atoms with van der Waals surface area (Å²) in [6.45, 7) is 3.19. The Morgan fingerprint density at radius 2 is 2.07 bits per heavy atom. The van der Waals surface area contributed by atoms with Gasteiger partial charge in [0.1, 0.15) is 11.6 Å². The molecule has 0 spiro atoms. The van der Waals surface area contributed by atoms with Gasteiger partial charge in [-0.15, -0.1) is 0 Å². The van der Waals surface area contributed by atoms with Crippen LogP contribution in [0.3, 0.4) is 0 Å². The van der Waals surface area contributed by atoms with E-state index in [4.69, 9.17) is 17.0 Å². The molecule has 2 N–H and O–H groups in total. The Hall–Kier alpha value is -2.52. The van der Waals surface area contributed by atoms with Crippen molar-refractivity contribution in [2.24, 2.45) is 0 Å². The number of aromatic amines is 1. The fourth-order valence-electron chi connectivity index (χ4n) is 2.46. The minimum atomic E-state index is -0.199. The van der Waals surface area contributed by atoms with Gasteiger partial charge in [-0.3, -0.25) is 9.89 Å². The number of carbonyl (C=O) groups is 1. The third kappa shape index (κ3) is 5.01. The molecule has 0 saturated heterocycles. The molecular weight excluding hydrogens is 430 g/mol. The van der Waals surface area contributed by atoms with Gasteiger partial charge < -0.3 is 14.6 Å². The first-order valence-corrected chi connectivity index (χ1v) is 9.58. The van der Waals surface area contributed by atoms with Crippen molar-refractivity contribution in [3.8, 4) is 11.6 Å². The average molecular weight is 448 g/mol. The summed E-state index contributed by atoms with van der Waals surface area (Å²) in [5, 5.41) is 9.80. The molecule has 0 aliphatic carbocycles. The molecule has 0 radical (unpaired) electrons. The van der Waals surface area contributed by atoms with Crippen molar-refractivity contribution >= 4 is 34.1 Å². The number of carbonyl (C=O) groups excluding carboxylic acids is 1. The first-order valence-electron chi connectivity index (χ1n) is 8.38. The molecule has 0 aliphatic rings. The maximum atomic E-state index is 12.2. The Morgan fingerprint density at radius 3 is 2.74 bits per heavy atom. The van der Waals surface area contributed by atoms with E-state index in [0.29, 0.717) is 34.9 Å². The highest BCUT2D eigenvalue weighted by molar-refractivity contribution is 9.10. The predicted molar refractivity (Wildman–Crippen MR) is 108 cm³/mol. The lowest BCUT2D eigenvalue weighted by Crippen LogP contribution is -2.26. The Labute approximate surface area is 169 Å². The van der Waals surface area contributed by atoms with E-state index in [9.17, 15) is 4.79 Å². The van der Waals surface area contributed by atoms with Gasteiger partial charge in [0, 0.05) is 36.2 Å². The monoisotopic (exact) mass is 447 g/mol. The normalized spacial score (nSPS) is 10.6. The van der Waals surface area contributed by atoms with Gasteiger partial charge >= 0.3 is 0 Å². The molecule has 2 aromatic heterocycles. The Bertz CT molecular complexity index is 967. The Kier molecular flexibility index (Phi) is 6.36. The molecule has 0 unspecified atom stereocenters. The highest BCUT2D eigenvalue weighted by Gasteiger charge is 2.09. The molecule has 27 heavy (non-hydrogen) atoms. The van der Waals surface area contributed by atoms with E-state index < -0.39 is 0 Å². The van der Waals surface area contributed by atoms with Crippen LogP contribution in [0, 0.1) is 4.77 Å². The van der Waals surface area contributed by atoms with Crippen LogP contribution in [0.5, 0.6) is 11.6 Å². The Morgan fingerprint density at radius 1 is 1.30 bits per heavy atom. The summed E-state index contributed by atoms with van der Waals surface area (Å²) in [6.07, 6.45) is 2.08. The second-order valence-corrected chi connectivity index (χ2v) is 6.94. The summed E-state index contributed by atoms with van der Waals surface area (Å²) < 4.78 is 9.10. The summed E-state index contributed by atoms with van der Waals surface area (Å²) in [7, 11) is 0. The number of rotatable bonds is 7. The zero-order chi connectivity index (χ0) is 19.2. The van der Waals surface area contributed by atoms with E-state index >= 15 is 0 Å². The van der Waals surface area contributed by atoms with E-state index in [0.717, 1.165) is 16.8 Å². The minimum absolute atomic E-state index is 0.199. The van der Waals surface area contributed by atoms with Crippen molar-refractivity contribution < 1.29 is 9.53 Å². The van der Waals surface area contributed by atoms with Gasteiger partial charge in [-0.2, -0.15) is 5.10 Å². The number of nitrogens with one attached hydrogen (secondary N) is 2. The van der Waals surface area contributed by atoms with Crippen LogP contribution in [0.2, 0.25) is 0 Å². The zero-order valence-corrected chi connectivity index (χ0v) is 17.0. The standard InChI is InChI=1S/C18H18BrN5O2S/c1-2-24-15(22-23-18(24)27)9-10-20-17(25)12-3-8-16(21-11-12)26-14-6-4-13(19)5-7-14/h3-8,11H,2,9-10H2,1H3,(H,20,25)(H,23,27). The van der Waals surface area contributed by atoms with Crippen LogP contribution in [-0.4, -0.2) is 32.2 Å². The summed E-state index contributed by atoms with van der Waals surface area (Å²) in [5.41, 5.74) is 0.465. The molecule has 1 amide bonds. The lowest BCUT2D eigenvalue weighted by atomic mass is 10.2. The third-order valence-corrected chi connectivity index (χ3v) is 4.66. The number of hydrogen-bond donors (Lipinski definition) is 2. The predicted octanol–water partition coefficient (Wildman–Crippen LogP) is 3.88. The number of aromatic nitrogens is 4. The van der Waals surface area contributed by atoms with Crippen LogP contribution < -0.4 is 10.1 Å². The molecule has 9 heteroatoms. The first-order chi connectivity index (χ1) is 13.1. The van der Waals surface area contributed by atoms with Gasteiger partial charge in [-0.25, -0.2) is 4.98 Å². The first kappa shape index (κ1) is 19.2. The largest absolute Gasteiger partial charge is 0.439 e. The third-order valence-electron chi connectivity index (χ3n) is 3.82. The molecule has 2 heterocycles. The maximum absolute atomic E-state index is 12.2. The maximum Gasteiger partial charge on any atom is 0.252 e. The molecule has 0 aliphatic heterocycles. The van der Waals surface area contributed by atoms with Gasteiger partial charge in [0.05, 0.1) is 5.56 Å². The van der Waals surface area contributed by atoms with E-state index in [1.165, 1.54) is 6.20 Å². The van der Waals surface area contributed by atoms with Crippen molar-refractivity contribution in [3.63, 3.8) is 0 Å². The van der Waals surface area contributed by atoms with E-state index in [1.54, 1.807) is 12.1 Å². The molecule has 0 fully saturated rings. The molecule has 7 nitrogen and oxygen atoms in total. The van der Waals surface area contributed by atoms with Gasteiger partial charge in [0.25, 0.3) is 5.91 Å². The fourth-order valence-corrected chi connectivity index (χ4v) is 3.00. The SMILES string of the molecule is CCn1c(CCNC(=O)c2ccc(Oc3ccc(Br)cc3)nc2)n[nH]c1=S. The van der Waals surface area contributed by atoms with Gasteiger partial charge in [-0.1, -0.05) is 15.9 Å². The highest BCUT2D eigenvalue weighted by atomic mass is 79.9. The Balaban J connectivity index is 1.54. The summed E-state index contributed by atoms with van der Waals surface area (Å²) >= 11 is 8.52. The number of benzene rings is 1. The van der Waals surface area contributed by atoms with Crippen LogP contribution in [0.25, 0.3) is 0 Å². The fraction of sp³-hybridized carbons (Fsp3) is 0.222. The summed E-state index contributed by atoms with van der Waals surface area (Å²) in [6, 6.07) is 10.8. The molecule has 3 aromatic rings. The van der Waals surface area contributed by atoms with E-state index in [2.05, 4.69) is 36.4 Å². The quantitative estimate of drug-likeness (QED) is 0.536. The number of pyridine rings is 1. The second kappa shape index (κ2) is 8.92. The van der Waals surface area contributed by atoms with Gasteiger partial charge in [0.2, 0.25) is 5.88 Å². The van der Waals surface area contributed by atoms with Crippen molar-refractivity contribution in [1.82, 2.24) is 25.1 Å². The van der Waals surface area contributed by atoms with Gasteiger partial charge in [0.15, 0.2) is 4.77 Å². The summed E-state index contributed by atoms with van der Waals surface area (Å²) in [4.78, 5) is 16.4. The van der Waals surface area contributed by atoms with E-state index in [1.807, 2.05) is 35.8 Å². The second-order valence-electron chi connectivity index (χ2n) is 5.64. The molecule has 0 atom stereocenters. The lowest BCUT2D eigenvalue weighted by Gasteiger charge is -2.07. The number of amides is 1. The van der Waals surface area contributed by atoms with Crippen molar-refractivity contribution in [2.75, 3.05) is 6.54 Å². The lowest BCUT2D eigenvalue weighted by molar-refractivity contribution is 0.0953. The molecule has 0 bridgehead atoms. The number of hydrogen-bond acceptors (Lipinski definition) is 5. The van der Waals surface area contributed by atoms with Crippen LogP contribution >= 0.6 is 28.1 Å². The minimum Gasteiger partial charge on any atom is -0.439 e. The molecular formula is C18H18BrN5O2S. The van der Waals surface area contributed by atoms with E-state index in [-0.39, 0.29) is 5.91 Å². The number of H-pyrrole nitrogens is 1. The molecule has 140 valence electrons. The molecule has 3 rings (SSSR count). The number of nitrogens with zero attached hydrogens (tertiary/aromatic N) is 3. The van der Waals surface area contributed by atoms with Crippen LogP contribution in [0.15, 0.2) is 47.1 Å². The van der Waals surface area contributed by atoms with Crippen LogP contribution in [0.1, 0.15) is 23.1 Å². The number of ether oxygens (including phenoxy) is 1. The zero-order valence-electron chi connectivity index (χ0n) is 14.6. The smallest absolute Gasteiger partial charge is 0.252 e. The van der Waals surface area contributed by atoms with Gasteiger partial charge in [-0.05, 0) is 49.5 Å². The number of halogens is 1. The summed E-state index contributed by atoms with van der Waals surface area (Å²) in [5.74, 6) is 1.72. The average Bonchev–Trinajstić information content (AvgIpc) is 3.03. The van der Waals surface area contributed by atoms with Crippen LogP contribution in [0.4, 0.5) is 0 Å². The topological polar surface area (TPSA) is 84.8 Å².